The van der Waals surface area contributed by atoms with E-state index < -0.39 is 6.36 Å². The van der Waals surface area contributed by atoms with Gasteiger partial charge in [0.25, 0.3) is 5.91 Å². The number of rotatable bonds is 6. The number of amides is 1. The highest BCUT2D eigenvalue weighted by Gasteiger charge is 2.31. The summed E-state index contributed by atoms with van der Waals surface area (Å²) in [6.45, 7) is 0.719. The molecular weight excluding hydrogens is 504 g/mol. The van der Waals surface area contributed by atoms with Crippen LogP contribution in [0.2, 0.25) is 0 Å². The first-order valence-electron chi connectivity index (χ1n) is 9.11. The average molecular weight is 523 g/mol. The lowest BCUT2D eigenvalue weighted by Gasteiger charge is -2.07. The number of thiazole rings is 1. The highest BCUT2D eigenvalue weighted by atomic mass is 35.5. The zero-order valence-corrected chi connectivity index (χ0v) is 19.4. The first kappa shape index (κ1) is 26.5. The normalized spacial score (nSPS) is 11.1. The Morgan fingerprint density at radius 2 is 1.91 bits per heavy atom. The average Bonchev–Trinajstić information content (AvgIpc) is 3.24. The molecule has 33 heavy (non-hydrogen) atoms. The second-order valence-electron chi connectivity index (χ2n) is 6.56. The maximum Gasteiger partial charge on any atom is 0.573 e. The summed E-state index contributed by atoms with van der Waals surface area (Å²) in [5.74, 6) is -0.0747. The van der Waals surface area contributed by atoms with Gasteiger partial charge in [-0.25, -0.2) is 9.97 Å². The molecule has 4 aromatic rings. The van der Waals surface area contributed by atoms with Crippen LogP contribution in [0.15, 0.2) is 36.4 Å². The summed E-state index contributed by atoms with van der Waals surface area (Å²) >= 11 is 1.17. The van der Waals surface area contributed by atoms with Crippen LogP contribution in [-0.4, -0.2) is 39.9 Å². The Morgan fingerprint density at radius 1 is 1.15 bits per heavy atom. The third kappa shape index (κ3) is 5.96. The lowest BCUT2D eigenvalue weighted by Crippen LogP contribution is -2.28. The Balaban J connectivity index is 0.00000193. The van der Waals surface area contributed by atoms with Crippen LogP contribution in [0.1, 0.15) is 10.4 Å². The number of nitrogens with two attached hydrogens (primary N) is 1. The largest absolute Gasteiger partial charge is 0.573 e. The van der Waals surface area contributed by atoms with E-state index in [-0.39, 0.29) is 36.5 Å². The van der Waals surface area contributed by atoms with Crippen molar-refractivity contribution in [3.8, 4) is 5.75 Å². The number of hydrogen-bond donors (Lipinski definition) is 3. The second-order valence-corrected chi connectivity index (χ2v) is 7.59. The van der Waals surface area contributed by atoms with E-state index in [0.717, 1.165) is 5.52 Å². The van der Waals surface area contributed by atoms with Crippen molar-refractivity contribution in [3.63, 3.8) is 0 Å². The van der Waals surface area contributed by atoms with E-state index in [1.807, 2.05) is 0 Å². The summed E-state index contributed by atoms with van der Waals surface area (Å²) in [7, 11) is 1.80. The fraction of sp³-hybridized carbons (Fsp3) is 0.211. The molecule has 178 valence electrons. The predicted octanol–water partition coefficient (Wildman–Crippen LogP) is 4.36. The standard InChI is InChI=1S/C19H17F3N6O2S.2ClH/c1-28-14-5-2-10(16(29)24-7-6-23)8-13(14)25-17(28)27-18-26-12-4-3-11(9-15(12)31-18)30-19(20,21)22;;/h2-5,8-9H,6-7,23H2,1H3,(H,24,29)(H,25,26,27);2*1H. The number of anilines is 2. The molecule has 4 N–H and O–H groups in total. The van der Waals surface area contributed by atoms with Gasteiger partial charge in [0.15, 0.2) is 5.13 Å². The summed E-state index contributed by atoms with van der Waals surface area (Å²) in [4.78, 5) is 21.0. The van der Waals surface area contributed by atoms with E-state index in [2.05, 4.69) is 25.3 Å². The molecule has 8 nitrogen and oxygen atoms in total. The lowest BCUT2D eigenvalue weighted by atomic mass is 10.2. The number of nitrogens with zero attached hydrogens (tertiary/aromatic N) is 3. The summed E-state index contributed by atoms with van der Waals surface area (Å²) in [5, 5.41) is 6.24. The molecule has 0 saturated heterocycles. The second kappa shape index (κ2) is 10.4. The lowest BCUT2D eigenvalue weighted by molar-refractivity contribution is -0.274. The smallest absolute Gasteiger partial charge is 0.406 e. The molecule has 0 aliphatic heterocycles. The number of hydrogen-bond acceptors (Lipinski definition) is 7. The number of imidazole rings is 1. The molecule has 0 saturated carbocycles. The van der Waals surface area contributed by atoms with Crippen molar-refractivity contribution in [3.05, 3.63) is 42.0 Å². The number of benzene rings is 2. The highest BCUT2D eigenvalue weighted by Crippen LogP contribution is 2.33. The molecule has 0 aliphatic rings. The van der Waals surface area contributed by atoms with Gasteiger partial charge in [0.05, 0.1) is 21.3 Å². The van der Waals surface area contributed by atoms with E-state index in [9.17, 15) is 18.0 Å². The number of nitrogens with one attached hydrogen (secondary N) is 2. The van der Waals surface area contributed by atoms with Crippen LogP contribution in [0.25, 0.3) is 21.3 Å². The monoisotopic (exact) mass is 522 g/mol. The first-order valence-corrected chi connectivity index (χ1v) is 9.93. The zero-order valence-electron chi connectivity index (χ0n) is 17.0. The fourth-order valence-corrected chi connectivity index (χ4v) is 3.88. The SMILES string of the molecule is Cl.Cl.Cn1c(Nc2nc3ccc(OC(F)(F)F)cc3s2)nc2cc(C(=O)NCCN)ccc21. The summed E-state index contributed by atoms with van der Waals surface area (Å²) < 4.78 is 43.6. The van der Waals surface area contributed by atoms with Crippen molar-refractivity contribution < 1.29 is 22.7 Å². The molecule has 2 aromatic heterocycles. The zero-order chi connectivity index (χ0) is 22.2. The Kier molecular flexibility index (Phi) is 8.36. The third-order valence-electron chi connectivity index (χ3n) is 4.39. The topological polar surface area (TPSA) is 107 Å². The molecule has 2 heterocycles. The van der Waals surface area contributed by atoms with Crippen LogP contribution in [-0.2, 0) is 7.05 Å². The predicted molar refractivity (Wildman–Crippen MR) is 126 cm³/mol. The quantitative estimate of drug-likeness (QED) is 0.347. The van der Waals surface area contributed by atoms with Crippen molar-refractivity contribution >= 4 is 74.4 Å². The van der Waals surface area contributed by atoms with Crippen LogP contribution in [0.4, 0.5) is 24.3 Å². The Labute approximate surface area is 202 Å². The van der Waals surface area contributed by atoms with Crippen LogP contribution in [0, 0.1) is 0 Å². The first-order chi connectivity index (χ1) is 14.7. The minimum absolute atomic E-state index is 0. The van der Waals surface area contributed by atoms with Crippen LogP contribution in [0.5, 0.6) is 5.75 Å². The fourth-order valence-electron chi connectivity index (χ4n) is 2.99. The number of fused-ring (bicyclic) bond motifs is 2. The van der Waals surface area contributed by atoms with E-state index in [1.165, 1.54) is 29.5 Å². The number of aromatic nitrogens is 3. The molecule has 0 aliphatic carbocycles. The number of carbonyl (C=O) groups is 1. The van der Waals surface area contributed by atoms with Gasteiger partial charge in [0.2, 0.25) is 5.95 Å². The number of carbonyl (C=O) groups excluding carboxylic acids is 1. The van der Waals surface area contributed by atoms with E-state index in [1.54, 1.807) is 29.8 Å². The number of ether oxygens (including phenoxy) is 1. The maximum absolute atomic E-state index is 12.4. The number of aryl methyl sites for hydroxylation is 1. The Morgan fingerprint density at radius 3 is 2.61 bits per heavy atom. The van der Waals surface area contributed by atoms with Crippen molar-refractivity contribution in [1.29, 1.82) is 0 Å². The van der Waals surface area contributed by atoms with Crippen molar-refractivity contribution in [2.24, 2.45) is 12.8 Å². The minimum Gasteiger partial charge on any atom is -0.406 e. The van der Waals surface area contributed by atoms with Gasteiger partial charge in [-0.05, 0) is 30.3 Å². The molecule has 0 unspecified atom stereocenters. The molecule has 0 spiro atoms. The van der Waals surface area contributed by atoms with Crippen molar-refractivity contribution in [2.75, 3.05) is 18.4 Å². The van der Waals surface area contributed by atoms with Crippen molar-refractivity contribution in [1.82, 2.24) is 19.9 Å². The summed E-state index contributed by atoms with van der Waals surface area (Å²) in [5.41, 5.74) is 7.79. The maximum atomic E-state index is 12.4. The summed E-state index contributed by atoms with van der Waals surface area (Å²) in [6, 6.07) is 9.10. The van der Waals surface area contributed by atoms with E-state index in [0.29, 0.717) is 45.5 Å². The van der Waals surface area contributed by atoms with E-state index in [4.69, 9.17) is 5.73 Å². The summed E-state index contributed by atoms with van der Waals surface area (Å²) in [6.07, 6.45) is -4.76. The van der Waals surface area contributed by atoms with Gasteiger partial charge in [-0.2, -0.15) is 0 Å². The molecule has 1 amide bonds. The van der Waals surface area contributed by atoms with Crippen LogP contribution < -0.4 is 21.1 Å². The van der Waals surface area contributed by atoms with Crippen molar-refractivity contribution in [2.45, 2.75) is 6.36 Å². The molecule has 0 bridgehead atoms. The van der Waals surface area contributed by atoms with Gasteiger partial charge in [-0.1, -0.05) is 11.3 Å². The Bertz CT molecular complexity index is 1280. The molecule has 0 radical (unpaired) electrons. The van der Waals surface area contributed by atoms with Crippen LogP contribution >= 0.6 is 36.2 Å². The molecule has 14 heteroatoms. The van der Waals surface area contributed by atoms with Gasteiger partial charge in [0.1, 0.15) is 5.75 Å². The molecule has 0 fully saturated rings. The van der Waals surface area contributed by atoms with Gasteiger partial charge in [-0.15, -0.1) is 38.0 Å². The number of halogens is 5. The van der Waals surface area contributed by atoms with Gasteiger partial charge in [-0.3, -0.25) is 4.79 Å². The van der Waals surface area contributed by atoms with Gasteiger partial charge < -0.3 is 25.7 Å². The van der Waals surface area contributed by atoms with E-state index >= 15 is 0 Å². The third-order valence-corrected chi connectivity index (χ3v) is 5.32. The molecule has 2 aromatic carbocycles. The molecule has 0 atom stereocenters. The Hall–Kier alpha value is -2.80. The van der Waals surface area contributed by atoms with Gasteiger partial charge in [0, 0.05) is 31.8 Å². The van der Waals surface area contributed by atoms with Crippen LogP contribution in [0.3, 0.4) is 0 Å². The van der Waals surface area contributed by atoms with Gasteiger partial charge >= 0.3 is 6.36 Å². The highest BCUT2D eigenvalue weighted by molar-refractivity contribution is 7.22. The number of alkyl halides is 3. The minimum atomic E-state index is -4.76. The molecular formula is C19H19Cl2F3N6O2S. The molecule has 4 rings (SSSR count).